The van der Waals surface area contributed by atoms with Gasteiger partial charge in [-0.2, -0.15) is 0 Å². The zero-order valence-electron chi connectivity index (χ0n) is 53.7. The normalized spacial score (nSPS) is 17.5. The Morgan fingerprint density at radius 1 is 0.280 bits per heavy atom. The topological polar surface area (TPSA) is 554 Å². The Morgan fingerprint density at radius 3 is 0.656 bits per heavy atom. The van der Waals surface area contributed by atoms with E-state index in [1.165, 1.54) is 0 Å². The summed E-state index contributed by atoms with van der Waals surface area (Å²) in [6, 6.07) is 0. The Morgan fingerprint density at radius 2 is 0.462 bits per heavy atom. The lowest BCUT2D eigenvalue weighted by Gasteiger charge is -2.36. The molecule has 0 aliphatic heterocycles. The molecule has 0 unspecified atom stereocenters. The summed E-state index contributed by atoms with van der Waals surface area (Å²) in [5.74, 6) is -0.662. The Kier molecular flexibility index (Phi) is 58.8. The average Bonchev–Trinajstić information content (AvgIpc) is 1.29. The SMILES string of the molecule is CNCCOCCOCCOCCOCCOCCOCCOCCOCCOCCOCCOCCOCCC(=O)N(CCN(C[C@H](O)[C@@H](O)[C@H](O)[C@H](O)CO)C[C@H](O)[C@@H](O)[C@H](O)[C@H](O)CO)CCN(C[C@H](O)[C@@H](O)[C@H](O)[C@H](O)CO)C[C@H](O)[C@@H](O)[C@H](O)[C@H](O)CO. The van der Waals surface area contributed by atoms with Gasteiger partial charge in [0.25, 0.3) is 0 Å². The minimum Gasteiger partial charge on any atom is -0.394 e. The first-order valence-corrected chi connectivity index (χ1v) is 31.3. The van der Waals surface area contributed by atoms with Crippen molar-refractivity contribution in [2.45, 2.75) is 104 Å². The lowest BCUT2D eigenvalue weighted by atomic mass is 10.0. The number of rotatable bonds is 69. The fourth-order valence-corrected chi connectivity index (χ4v) is 8.16. The van der Waals surface area contributed by atoms with Gasteiger partial charge in [-0.1, -0.05) is 0 Å². The lowest BCUT2D eigenvalue weighted by Crippen LogP contribution is -2.55. The van der Waals surface area contributed by atoms with Crippen molar-refractivity contribution in [3.63, 3.8) is 0 Å². The molecule has 0 spiro atoms. The molecule has 0 aromatic rings. The van der Waals surface area contributed by atoms with E-state index in [-0.39, 0.29) is 46.1 Å². The zero-order valence-corrected chi connectivity index (χ0v) is 53.7. The summed E-state index contributed by atoms with van der Waals surface area (Å²) in [5.41, 5.74) is 0. The van der Waals surface area contributed by atoms with Gasteiger partial charge < -0.3 is 169 Å². The summed E-state index contributed by atoms with van der Waals surface area (Å²) in [6.45, 7) is 0.805. The van der Waals surface area contributed by atoms with E-state index in [2.05, 4.69) is 5.32 Å². The molecule has 0 rings (SSSR count). The van der Waals surface area contributed by atoms with Gasteiger partial charge in [0.1, 0.15) is 73.2 Å². The molecule has 0 aromatic carbocycles. The zero-order chi connectivity index (χ0) is 69.6. The van der Waals surface area contributed by atoms with Crippen LogP contribution >= 0.6 is 0 Å². The van der Waals surface area contributed by atoms with Crippen LogP contribution in [-0.4, -0.2) is 471 Å². The molecule has 558 valence electrons. The summed E-state index contributed by atoms with van der Waals surface area (Å²) in [7, 11) is 1.87. The third-order valence-electron chi connectivity index (χ3n) is 13.9. The van der Waals surface area contributed by atoms with Gasteiger partial charge in [0.05, 0.1) is 216 Å². The smallest absolute Gasteiger partial charge is 0.224 e. The van der Waals surface area contributed by atoms with Crippen molar-refractivity contribution in [2.75, 3.05) is 251 Å². The second-order valence-corrected chi connectivity index (χ2v) is 21.3. The maximum Gasteiger partial charge on any atom is 0.224 e. The number of amides is 1. The highest BCUT2D eigenvalue weighted by Crippen LogP contribution is 2.14. The quantitative estimate of drug-likeness (QED) is 0.0251. The van der Waals surface area contributed by atoms with Gasteiger partial charge >= 0.3 is 0 Å². The predicted octanol–water partition coefficient (Wildman–Crippen LogP) is -13.0. The molecule has 0 aromatic heterocycles. The maximum atomic E-state index is 14.0. The van der Waals surface area contributed by atoms with Gasteiger partial charge in [-0.25, -0.2) is 0 Å². The van der Waals surface area contributed by atoms with Gasteiger partial charge in [0.2, 0.25) is 5.91 Å². The molecular formula is C56H116N4O33. The third-order valence-corrected chi connectivity index (χ3v) is 13.9. The Bertz CT molecular complexity index is 1530. The monoisotopic (exact) mass is 1370 g/mol. The first-order chi connectivity index (χ1) is 44.6. The summed E-state index contributed by atoms with van der Waals surface area (Å²) in [5, 5.41) is 207. The average molecular weight is 1370 g/mol. The fraction of sp³-hybridized carbons (Fsp3) is 0.982. The van der Waals surface area contributed by atoms with Crippen molar-refractivity contribution in [3.05, 3.63) is 0 Å². The van der Waals surface area contributed by atoms with Crippen molar-refractivity contribution in [2.24, 2.45) is 0 Å². The second-order valence-electron chi connectivity index (χ2n) is 21.3. The van der Waals surface area contributed by atoms with E-state index < -0.39 is 182 Å². The van der Waals surface area contributed by atoms with Crippen LogP contribution in [0.25, 0.3) is 0 Å². The summed E-state index contributed by atoms with van der Waals surface area (Å²) in [4.78, 5) is 17.4. The van der Waals surface area contributed by atoms with E-state index >= 15 is 0 Å². The number of likely N-dealkylation sites (N-methyl/N-ethyl adjacent to an activating group) is 1. The summed E-state index contributed by atoms with van der Waals surface area (Å²) in [6.07, 6.45) is -32.9. The minimum absolute atomic E-state index is 0.0108. The van der Waals surface area contributed by atoms with E-state index in [9.17, 15) is 107 Å². The first-order valence-electron chi connectivity index (χ1n) is 31.3. The standard InChI is InChI=1S/C56H116N4O33/c1-57-3-9-83-11-13-85-15-17-87-19-21-89-23-25-91-27-29-93-31-30-92-28-26-90-24-22-88-20-18-86-16-14-84-12-10-82-8-2-48(73)60(6-4-58(32-40(65)49(74)53(78)44(69)36-61)33-41(66)50(75)54(79)45(70)37-62)7-5-59(34-42(67)51(76)55(80)46(71)38-63)35-43(68)52(77)56(81)47(72)39-64/h40-47,49-57,61-72,74-81H,2-39H2,1H3/t40-,41-,42-,43-,44+,45+,46+,47+,49+,50+,51+,52+,53+,54+,55+,56+/m0/s1. The van der Waals surface area contributed by atoms with Crippen molar-refractivity contribution in [3.8, 4) is 0 Å². The molecule has 21 N–H and O–H groups in total. The van der Waals surface area contributed by atoms with Crippen LogP contribution < -0.4 is 5.32 Å². The van der Waals surface area contributed by atoms with Gasteiger partial charge in [0.15, 0.2) is 0 Å². The number of hydrogen-bond acceptors (Lipinski definition) is 36. The van der Waals surface area contributed by atoms with Crippen LogP contribution in [0.4, 0.5) is 0 Å². The minimum atomic E-state index is -2.14. The Balaban J connectivity index is 5.17. The van der Waals surface area contributed by atoms with Crippen LogP contribution in [0.1, 0.15) is 6.42 Å². The number of carbonyl (C=O) groups excluding carboxylic acids is 1. The van der Waals surface area contributed by atoms with Gasteiger partial charge in [0, 0.05) is 58.9 Å². The van der Waals surface area contributed by atoms with Crippen molar-refractivity contribution in [1.29, 1.82) is 0 Å². The van der Waals surface area contributed by atoms with Crippen LogP contribution in [0.5, 0.6) is 0 Å². The van der Waals surface area contributed by atoms with Crippen LogP contribution in [0, 0.1) is 0 Å². The van der Waals surface area contributed by atoms with Crippen LogP contribution in [0.15, 0.2) is 0 Å². The van der Waals surface area contributed by atoms with Crippen molar-refractivity contribution >= 4 is 5.91 Å². The number of aliphatic hydroxyl groups excluding tert-OH is 20. The number of aliphatic hydroxyl groups is 20. The van der Waals surface area contributed by atoms with E-state index in [1.807, 2.05) is 7.05 Å². The predicted molar refractivity (Wildman–Crippen MR) is 322 cm³/mol. The molecule has 0 saturated heterocycles. The fourth-order valence-electron chi connectivity index (χ4n) is 8.16. The summed E-state index contributed by atoms with van der Waals surface area (Å²) < 4.78 is 65.9. The van der Waals surface area contributed by atoms with E-state index in [4.69, 9.17) is 56.8 Å². The molecule has 37 heteroatoms. The molecule has 1 amide bonds. The van der Waals surface area contributed by atoms with E-state index in [1.54, 1.807) is 0 Å². The molecule has 93 heavy (non-hydrogen) atoms. The van der Waals surface area contributed by atoms with Gasteiger partial charge in [-0.3, -0.25) is 14.6 Å². The highest BCUT2D eigenvalue weighted by atomic mass is 16.6. The number of hydrogen-bond donors (Lipinski definition) is 21. The molecule has 0 bridgehead atoms. The highest BCUT2D eigenvalue weighted by molar-refractivity contribution is 5.76. The number of nitrogens with zero attached hydrogens (tertiary/aromatic N) is 3. The van der Waals surface area contributed by atoms with Gasteiger partial charge in [-0.05, 0) is 7.05 Å². The number of ether oxygens (including phenoxy) is 12. The van der Waals surface area contributed by atoms with Crippen LogP contribution in [0.2, 0.25) is 0 Å². The van der Waals surface area contributed by atoms with Gasteiger partial charge in [-0.15, -0.1) is 0 Å². The highest BCUT2D eigenvalue weighted by Gasteiger charge is 2.37. The molecule has 0 saturated carbocycles. The third kappa shape index (κ3) is 45.4. The summed E-state index contributed by atoms with van der Waals surface area (Å²) >= 11 is 0. The van der Waals surface area contributed by atoms with Crippen molar-refractivity contribution < 1.29 is 164 Å². The van der Waals surface area contributed by atoms with E-state index in [0.717, 1.165) is 21.2 Å². The number of nitrogens with one attached hydrogen (secondary N) is 1. The molecule has 0 aliphatic carbocycles. The molecule has 16 atom stereocenters. The molecule has 0 fully saturated rings. The van der Waals surface area contributed by atoms with E-state index in [0.29, 0.717) is 119 Å². The molecule has 0 heterocycles. The maximum absolute atomic E-state index is 14.0. The Hall–Kier alpha value is -1.93. The van der Waals surface area contributed by atoms with Crippen LogP contribution in [0.3, 0.4) is 0 Å². The Labute approximate surface area is 543 Å². The molecule has 37 nitrogen and oxygen atoms in total. The largest absolute Gasteiger partial charge is 0.394 e. The molecular weight excluding hydrogens is 1260 g/mol. The first kappa shape index (κ1) is 91.1. The number of carbonyl (C=O) groups is 1. The lowest BCUT2D eigenvalue weighted by molar-refractivity contribution is -0.136. The molecule has 0 aliphatic rings. The molecule has 0 radical (unpaired) electrons. The van der Waals surface area contributed by atoms with Crippen LogP contribution in [-0.2, 0) is 61.6 Å². The second kappa shape index (κ2) is 60.1. The van der Waals surface area contributed by atoms with Crippen molar-refractivity contribution in [1.82, 2.24) is 20.0 Å².